The summed E-state index contributed by atoms with van der Waals surface area (Å²) in [7, 11) is -0.0980. The van der Waals surface area contributed by atoms with Crippen LogP contribution in [0.3, 0.4) is 0 Å². The highest BCUT2D eigenvalue weighted by atomic mass is 32.2. The Kier molecular flexibility index (Phi) is 29.4. The molecule has 2 N–H and O–H groups in total. The maximum atomic E-state index is 12.0. The minimum Gasteiger partial charge on any atom is -0.466 e. The molecule has 268 valence electrons. The summed E-state index contributed by atoms with van der Waals surface area (Å²) in [6.45, 7) is 4.49. The number of hydrogen-bond donors (Lipinski definition) is 2. The standard InChI is InChI=1S/C36H72N2O6S/c1-4-5-6-7-8-9-10-11-12-13-14-15-19-22-25-29-36(40)44-33-26-23-20-17-16-18-21-24-28-35(39)37-30-27-31-38(2,3)32-34-45(41,42)43/h4-34H2,1-3H3,(H-,37,39,41,42,43)/p+1. The topological polar surface area (TPSA) is 110 Å². The van der Waals surface area contributed by atoms with Gasteiger partial charge in [-0.2, -0.15) is 8.42 Å². The fraction of sp³-hybridized carbons (Fsp3) is 0.944. The van der Waals surface area contributed by atoms with Crippen molar-refractivity contribution >= 4 is 22.0 Å². The molecular weight excluding hydrogens is 588 g/mol. The molecule has 0 radical (unpaired) electrons. The number of ether oxygens (including phenoxy) is 1. The summed E-state index contributed by atoms with van der Waals surface area (Å²) in [5, 5.41) is 2.95. The molecule has 0 aromatic heterocycles. The van der Waals surface area contributed by atoms with E-state index in [-0.39, 0.29) is 17.6 Å². The molecule has 0 rings (SSSR count). The van der Waals surface area contributed by atoms with Crippen molar-refractivity contribution in [2.24, 2.45) is 0 Å². The number of hydrogen-bond acceptors (Lipinski definition) is 5. The van der Waals surface area contributed by atoms with E-state index in [0.717, 1.165) is 64.3 Å². The van der Waals surface area contributed by atoms with E-state index < -0.39 is 10.1 Å². The fourth-order valence-electron chi connectivity index (χ4n) is 5.64. The Morgan fingerprint density at radius 2 is 1.02 bits per heavy atom. The van der Waals surface area contributed by atoms with E-state index in [2.05, 4.69) is 12.2 Å². The zero-order chi connectivity index (χ0) is 33.5. The van der Waals surface area contributed by atoms with Gasteiger partial charge < -0.3 is 14.5 Å². The summed E-state index contributed by atoms with van der Waals surface area (Å²) >= 11 is 0. The van der Waals surface area contributed by atoms with Crippen LogP contribution in [0.5, 0.6) is 0 Å². The number of unbranched alkanes of at least 4 members (excludes halogenated alkanes) is 21. The molecule has 45 heavy (non-hydrogen) atoms. The second-order valence-electron chi connectivity index (χ2n) is 13.9. The van der Waals surface area contributed by atoms with Gasteiger partial charge in [0, 0.05) is 25.8 Å². The second-order valence-corrected chi connectivity index (χ2v) is 15.4. The lowest BCUT2D eigenvalue weighted by Gasteiger charge is -2.29. The van der Waals surface area contributed by atoms with Crippen molar-refractivity contribution in [3.63, 3.8) is 0 Å². The van der Waals surface area contributed by atoms with Gasteiger partial charge in [0.2, 0.25) is 5.91 Å². The van der Waals surface area contributed by atoms with E-state index in [1.807, 2.05) is 14.1 Å². The lowest BCUT2D eigenvalue weighted by molar-refractivity contribution is -0.888. The third kappa shape index (κ3) is 35.5. The van der Waals surface area contributed by atoms with Gasteiger partial charge in [-0.05, 0) is 19.3 Å². The average molecular weight is 662 g/mol. The second kappa shape index (κ2) is 30.2. The average Bonchev–Trinajstić information content (AvgIpc) is 2.98. The molecule has 1 amide bonds. The zero-order valence-corrected chi connectivity index (χ0v) is 30.6. The van der Waals surface area contributed by atoms with E-state index >= 15 is 0 Å². The molecule has 8 nitrogen and oxygen atoms in total. The molecule has 0 atom stereocenters. The lowest BCUT2D eigenvalue weighted by atomic mass is 10.0. The normalized spacial score (nSPS) is 12.0. The third-order valence-electron chi connectivity index (χ3n) is 8.76. The van der Waals surface area contributed by atoms with Crippen molar-refractivity contribution < 1.29 is 31.8 Å². The summed E-state index contributed by atoms with van der Waals surface area (Å²) in [6, 6.07) is 0. The molecule has 0 spiro atoms. The number of nitrogens with zero attached hydrogens (tertiary/aromatic N) is 1. The van der Waals surface area contributed by atoms with E-state index in [0.29, 0.717) is 37.0 Å². The summed E-state index contributed by atoms with van der Waals surface area (Å²) in [6.07, 6.45) is 30.5. The number of esters is 1. The first kappa shape index (κ1) is 43.8. The summed E-state index contributed by atoms with van der Waals surface area (Å²) in [5.74, 6) is -0.207. The Hall–Kier alpha value is -1.19. The minimum atomic E-state index is -3.94. The number of carbonyl (C=O) groups excluding carboxylic acids is 2. The van der Waals surface area contributed by atoms with Crippen LogP contribution in [-0.2, 0) is 24.4 Å². The van der Waals surface area contributed by atoms with Gasteiger partial charge in [0.15, 0.2) is 0 Å². The number of quaternary nitrogens is 1. The molecule has 0 saturated carbocycles. The van der Waals surface area contributed by atoms with Crippen LogP contribution in [0.1, 0.15) is 174 Å². The molecular formula is C36H73N2O6S+. The lowest BCUT2D eigenvalue weighted by Crippen LogP contribution is -2.44. The SMILES string of the molecule is CCCCCCCCCCCCCCCCCC(=O)OCCCCCCCCCCC(=O)NCCC[N+](C)(C)CCS(=O)(=O)O. The maximum Gasteiger partial charge on any atom is 0.305 e. The Morgan fingerprint density at radius 3 is 1.49 bits per heavy atom. The molecule has 0 unspecified atom stereocenters. The summed E-state index contributed by atoms with van der Waals surface area (Å²) in [4.78, 5) is 24.0. The first-order valence-electron chi connectivity index (χ1n) is 18.8. The van der Waals surface area contributed by atoms with Crippen molar-refractivity contribution in [1.29, 1.82) is 0 Å². The Bertz CT molecular complexity index is 803. The van der Waals surface area contributed by atoms with E-state index in [4.69, 9.17) is 9.29 Å². The largest absolute Gasteiger partial charge is 0.466 e. The van der Waals surface area contributed by atoms with Crippen LogP contribution in [0.25, 0.3) is 0 Å². The van der Waals surface area contributed by atoms with Gasteiger partial charge in [-0.25, -0.2) is 0 Å². The maximum absolute atomic E-state index is 12.0. The van der Waals surface area contributed by atoms with E-state index in [1.54, 1.807) is 0 Å². The summed E-state index contributed by atoms with van der Waals surface area (Å²) in [5.41, 5.74) is 0. The highest BCUT2D eigenvalue weighted by molar-refractivity contribution is 7.85. The van der Waals surface area contributed by atoms with Gasteiger partial charge in [-0.1, -0.05) is 135 Å². The quantitative estimate of drug-likeness (QED) is 0.0309. The monoisotopic (exact) mass is 662 g/mol. The molecule has 0 heterocycles. The van der Waals surface area contributed by atoms with Crippen LogP contribution in [0.4, 0.5) is 0 Å². The molecule has 0 saturated heterocycles. The van der Waals surface area contributed by atoms with Crippen LogP contribution < -0.4 is 5.32 Å². The van der Waals surface area contributed by atoms with E-state index in [9.17, 15) is 18.0 Å². The number of amides is 1. The highest BCUT2D eigenvalue weighted by Gasteiger charge is 2.18. The predicted octanol–water partition coefficient (Wildman–Crippen LogP) is 8.77. The van der Waals surface area contributed by atoms with Crippen LogP contribution in [-0.4, -0.2) is 75.4 Å². The Labute approximate surface area is 278 Å². The van der Waals surface area contributed by atoms with Crippen LogP contribution >= 0.6 is 0 Å². The van der Waals surface area contributed by atoms with Crippen LogP contribution in [0.15, 0.2) is 0 Å². The molecule has 0 aliphatic heterocycles. The number of nitrogens with one attached hydrogen (secondary N) is 1. The van der Waals surface area contributed by atoms with Crippen molar-refractivity contribution in [1.82, 2.24) is 5.32 Å². The smallest absolute Gasteiger partial charge is 0.305 e. The molecule has 0 aliphatic rings. The van der Waals surface area contributed by atoms with Crippen molar-refractivity contribution in [2.45, 2.75) is 174 Å². The van der Waals surface area contributed by atoms with Gasteiger partial charge in [0.25, 0.3) is 10.1 Å². The predicted molar refractivity (Wildman–Crippen MR) is 188 cm³/mol. The number of rotatable bonds is 34. The zero-order valence-electron chi connectivity index (χ0n) is 29.8. The Morgan fingerprint density at radius 1 is 0.600 bits per heavy atom. The van der Waals surface area contributed by atoms with Crippen LogP contribution in [0.2, 0.25) is 0 Å². The molecule has 0 aromatic rings. The highest BCUT2D eigenvalue weighted by Crippen LogP contribution is 2.14. The van der Waals surface area contributed by atoms with Crippen molar-refractivity contribution in [2.75, 3.05) is 46.1 Å². The first-order chi connectivity index (χ1) is 21.6. The Balaban J connectivity index is 3.36. The van der Waals surface area contributed by atoms with Crippen LogP contribution in [0, 0.1) is 0 Å². The molecule has 0 aromatic carbocycles. The molecule has 9 heteroatoms. The molecule has 0 fully saturated rings. The van der Waals surface area contributed by atoms with Gasteiger partial charge in [0.1, 0.15) is 5.75 Å². The minimum absolute atomic E-state index is 0.0348. The fourth-order valence-corrected chi connectivity index (χ4v) is 6.37. The van der Waals surface area contributed by atoms with Gasteiger partial charge in [-0.3, -0.25) is 14.1 Å². The number of carbonyl (C=O) groups is 2. The van der Waals surface area contributed by atoms with Gasteiger partial charge in [0.05, 0.1) is 33.8 Å². The molecule has 0 bridgehead atoms. The van der Waals surface area contributed by atoms with Gasteiger partial charge >= 0.3 is 5.97 Å². The van der Waals surface area contributed by atoms with E-state index in [1.165, 1.54) is 96.3 Å². The first-order valence-corrected chi connectivity index (χ1v) is 20.4. The summed E-state index contributed by atoms with van der Waals surface area (Å²) < 4.78 is 36.6. The molecule has 0 aliphatic carbocycles. The van der Waals surface area contributed by atoms with Crippen molar-refractivity contribution in [3.8, 4) is 0 Å². The van der Waals surface area contributed by atoms with Gasteiger partial charge in [-0.15, -0.1) is 0 Å². The third-order valence-corrected chi connectivity index (χ3v) is 9.46. The van der Waals surface area contributed by atoms with Crippen molar-refractivity contribution in [3.05, 3.63) is 0 Å².